The first-order chi connectivity index (χ1) is 8.19. The average molecular weight is 227 g/mol. The molecule has 0 spiro atoms. The Morgan fingerprint density at radius 1 is 0.882 bits per heavy atom. The van der Waals surface area contributed by atoms with Crippen molar-refractivity contribution in [1.82, 2.24) is 0 Å². The zero-order valence-electron chi connectivity index (χ0n) is 10.4. The van der Waals surface area contributed by atoms with Crippen molar-refractivity contribution in [2.24, 2.45) is 0 Å². The van der Waals surface area contributed by atoms with Crippen molar-refractivity contribution in [1.29, 1.82) is 0 Å². The third-order valence-corrected chi connectivity index (χ3v) is 2.87. The van der Waals surface area contributed by atoms with Crippen molar-refractivity contribution in [3.8, 4) is 5.75 Å². The molecule has 0 saturated heterocycles. The van der Waals surface area contributed by atoms with E-state index in [1.807, 2.05) is 24.3 Å². The van der Waals surface area contributed by atoms with Crippen LogP contribution in [0.4, 0.5) is 11.4 Å². The third kappa shape index (κ3) is 2.78. The highest BCUT2D eigenvalue weighted by molar-refractivity contribution is 5.62. The molecule has 0 heterocycles. The van der Waals surface area contributed by atoms with Gasteiger partial charge in [0.15, 0.2) is 0 Å². The van der Waals surface area contributed by atoms with Gasteiger partial charge >= 0.3 is 0 Å². The van der Waals surface area contributed by atoms with Crippen LogP contribution >= 0.6 is 0 Å². The summed E-state index contributed by atoms with van der Waals surface area (Å²) >= 11 is 0. The average Bonchev–Trinajstić information content (AvgIpc) is 2.34. The number of benzene rings is 2. The Balaban J connectivity index is 2.22. The number of nitrogens with one attached hydrogen (secondary N) is 1. The van der Waals surface area contributed by atoms with Gasteiger partial charge in [0.25, 0.3) is 0 Å². The van der Waals surface area contributed by atoms with Crippen LogP contribution in [0.2, 0.25) is 0 Å². The van der Waals surface area contributed by atoms with Gasteiger partial charge in [0.2, 0.25) is 0 Å². The van der Waals surface area contributed by atoms with Crippen molar-refractivity contribution in [3.05, 3.63) is 53.6 Å². The van der Waals surface area contributed by atoms with Gasteiger partial charge in [-0.1, -0.05) is 12.1 Å². The molecule has 0 aliphatic rings. The van der Waals surface area contributed by atoms with Gasteiger partial charge < -0.3 is 10.1 Å². The third-order valence-electron chi connectivity index (χ3n) is 2.87. The monoisotopic (exact) mass is 227 g/mol. The first kappa shape index (κ1) is 11.5. The molecule has 0 atom stereocenters. The molecule has 0 unspecified atom stereocenters. The van der Waals surface area contributed by atoms with E-state index in [9.17, 15) is 0 Å². The summed E-state index contributed by atoms with van der Waals surface area (Å²) < 4.78 is 5.20. The Morgan fingerprint density at radius 2 is 1.65 bits per heavy atom. The molecule has 88 valence electrons. The topological polar surface area (TPSA) is 21.3 Å². The summed E-state index contributed by atoms with van der Waals surface area (Å²) in [5, 5.41) is 3.37. The van der Waals surface area contributed by atoms with Gasteiger partial charge in [-0.3, -0.25) is 0 Å². The van der Waals surface area contributed by atoms with Crippen LogP contribution in [0.15, 0.2) is 42.5 Å². The molecule has 2 rings (SSSR count). The van der Waals surface area contributed by atoms with Gasteiger partial charge in [0.1, 0.15) is 5.75 Å². The highest BCUT2D eigenvalue weighted by Crippen LogP contribution is 2.22. The van der Waals surface area contributed by atoms with Crippen molar-refractivity contribution < 1.29 is 4.74 Å². The molecule has 1 N–H and O–H groups in total. The van der Waals surface area contributed by atoms with Crippen LogP contribution in [0.5, 0.6) is 5.75 Å². The lowest BCUT2D eigenvalue weighted by molar-refractivity contribution is 0.415. The van der Waals surface area contributed by atoms with Gasteiger partial charge in [0.05, 0.1) is 7.11 Å². The minimum Gasteiger partial charge on any atom is -0.497 e. The van der Waals surface area contributed by atoms with E-state index in [1.165, 1.54) is 11.1 Å². The van der Waals surface area contributed by atoms with Gasteiger partial charge in [-0.2, -0.15) is 0 Å². The molecule has 0 aliphatic heterocycles. The van der Waals surface area contributed by atoms with Gasteiger partial charge in [-0.25, -0.2) is 0 Å². The second-order valence-electron chi connectivity index (χ2n) is 4.16. The van der Waals surface area contributed by atoms with Gasteiger partial charge in [-0.05, 0) is 49.2 Å². The molecule has 17 heavy (non-hydrogen) atoms. The first-order valence-electron chi connectivity index (χ1n) is 5.67. The Kier molecular flexibility index (Phi) is 3.33. The summed E-state index contributed by atoms with van der Waals surface area (Å²) in [5.74, 6) is 0.860. The SMILES string of the molecule is COc1cccc(Nc2ccc(C)c(C)c2)c1. The number of aryl methyl sites for hydroxylation is 2. The van der Waals surface area contributed by atoms with Crippen LogP contribution in [-0.4, -0.2) is 7.11 Å². The molecule has 0 bridgehead atoms. The zero-order chi connectivity index (χ0) is 12.3. The van der Waals surface area contributed by atoms with E-state index >= 15 is 0 Å². The molecule has 0 amide bonds. The molecule has 0 radical (unpaired) electrons. The molecule has 0 aromatic heterocycles. The van der Waals surface area contributed by atoms with Gasteiger partial charge in [0, 0.05) is 17.4 Å². The quantitative estimate of drug-likeness (QED) is 0.853. The number of methoxy groups -OCH3 is 1. The second kappa shape index (κ2) is 4.91. The van der Waals surface area contributed by atoms with Crippen molar-refractivity contribution in [2.75, 3.05) is 12.4 Å². The molecular weight excluding hydrogens is 210 g/mol. The Morgan fingerprint density at radius 3 is 2.35 bits per heavy atom. The molecule has 0 saturated carbocycles. The summed E-state index contributed by atoms with van der Waals surface area (Å²) in [6.45, 7) is 4.23. The number of rotatable bonds is 3. The van der Waals surface area contributed by atoms with Crippen LogP contribution < -0.4 is 10.1 Å². The smallest absolute Gasteiger partial charge is 0.120 e. The summed E-state index contributed by atoms with van der Waals surface area (Å²) in [4.78, 5) is 0. The summed E-state index contributed by atoms with van der Waals surface area (Å²) in [5.41, 5.74) is 4.73. The van der Waals surface area contributed by atoms with E-state index in [2.05, 4.69) is 37.4 Å². The largest absolute Gasteiger partial charge is 0.497 e. The number of hydrogen-bond donors (Lipinski definition) is 1. The first-order valence-corrected chi connectivity index (χ1v) is 5.67. The van der Waals surface area contributed by atoms with E-state index in [1.54, 1.807) is 7.11 Å². The number of hydrogen-bond acceptors (Lipinski definition) is 2. The maximum Gasteiger partial charge on any atom is 0.120 e. The lowest BCUT2D eigenvalue weighted by Crippen LogP contribution is -1.92. The Bertz CT molecular complexity index is 520. The standard InChI is InChI=1S/C15H17NO/c1-11-7-8-14(9-12(11)2)16-13-5-4-6-15(10-13)17-3/h4-10,16H,1-3H3. The maximum absolute atomic E-state index is 5.20. The molecular formula is C15H17NO. The van der Waals surface area contributed by atoms with E-state index < -0.39 is 0 Å². The van der Waals surface area contributed by atoms with Crippen LogP contribution in [-0.2, 0) is 0 Å². The number of anilines is 2. The molecule has 0 aliphatic carbocycles. The summed E-state index contributed by atoms with van der Waals surface area (Å²) in [7, 11) is 1.68. The summed E-state index contributed by atoms with van der Waals surface area (Å²) in [6, 6.07) is 14.3. The fraction of sp³-hybridized carbons (Fsp3) is 0.200. The number of ether oxygens (including phenoxy) is 1. The fourth-order valence-electron chi connectivity index (χ4n) is 1.69. The Hall–Kier alpha value is -1.96. The van der Waals surface area contributed by atoms with Crippen LogP contribution in [0.25, 0.3) is 0 Å². The molecule has 2 heteroatoms. The lowest BCUT2D eigenvalue weighted by Gasteiger charge is -2.09. The van der Waals surface area contributed by atoms with E-state index in [-0.39, 0.29) is 0 Å². The normalized spacial score (nSPS) is 10.1. The molecule has 2 aromatic carbocycles. The molecule has 0 fully saturated rings. The van der Waals surface area contributed by atoms with Crippen LogP contribution in [0.1, 0.15) is 11.1 Å². The van der Waals surface area contributed by atoms with Crippen LogP contribution in [0, 0.1) is 13.8 Å². The minimum absolute atomic E-state index is 0.860. The predicted molar refractivity (Wildman–Crippen MR) is 72.2 cm³/mol. The van der Waals surface area contributed by atoms with E-state index in [0.29, 0.717) is 0 Å². The van der Waals surface area contributed by atoms with Crippen molar-refractivity contribution in [2.45, 2.75) is 13.8 Å². The van der Waals surface area contributed by atoms with Crippen molar-refractivity contribution >= 4 is 11.4 Å². The zero-order valence-corrected chi connectivity index (χ0v) is 10.4. The van der Waals surface area contributed by atoms with E-state index in [4.69, 9.17) is 4.74 Å². The van der Waals surface area contributed by atoms with Gasteiger partial charge in [-0.15, -0.1) is 0 Å². The summed E-state index contributed by atoms with van der Waals surface area (Å²) in [6.07, 6.45) is 0. The minimum atomic E-state index is 0.860. The maximum atomic E-state index is 5.20. The van der Waals surface area contributed by atoms with Crippen molar-refractivity contribution in [3.63, 3.8) is 0 Å². The highest BCUT2D eigenvalue weighted by Gasteiger charge is 1.98. The lowest BCUT2D eigenvalue weighted by atomic mass is 10.1. The fourth-order valence-corrected chi connectivity index (χ4v) is 1.69. The molecule has 2 nitrogen and oxygen atoms in total. The predicted octanol–water partition coefficient (Wildman–Crippen LogP) is 4.06. The second-order valence-corrected chi connectivity index (χ2v) is 4.16. The molecule has 2 aromatic rings. The van der Waals surface area contributed by atoms with E-state index in [0.717, 1.165) is 17.1 Å². The Labute approximate surface area is 102 Å². The van der Waals surface area contributed by atoms with Crippen LogP contribution in [0.3, 0.4) is 0 Å². The highest BCUT2D eigenvalue weighted by atomic mass is 16.5.